The van der Waals surface area contributed by atoms with Gasteiger partial charge < -0.3 is 15.3 Å². The maximum atomic E-state index is 12.5. The first-order valence-corrected chi connectivity index (χ1v) is 8.43. The molecule has 1 aromatic heterocycles. The van der Waals surface area contributed by atoms with Crippen molar-refractivity contribution >= 4 is 12.0 Å². The van der Waals surface area contributed by atoms with Crippen LogP contribution in [0.3, 0.4) is 0 Å². The number of amides is 2. The van der Waals surface area contributed by atoms with Crippen molar-refractivity contribution in [3.63, 3.8) is 0 Å². The number of aliphatic carboxylic acids is 1. The molecule has 2 heterocycles. The lowest BCUT2D eigenvalue weighted by atomic mass is 9.98. The van der Waals surface area contributed by atoms with E-state index in [4.69, 9.17) is 0 Å². The first kappa shape index (κ1) is 17.0. The number of piperidine rings is 1. The number of carbonyl (C=O) groups is 2. The Labute approximate surface area is 146 Å². The highest BCUT2D eigenvalue weighted by Gasteiger charge is 2.29. The highest BCUT2D eigenvalue weighted by molar-refractivity contribution is 5.77. The van der Waals surface area contributed by atoms with Gasteiger partial charge in [0.2, 0.25) is 0 Å². The van der Waals surface area contributed by atoms with Crippen molar-refractivity contribution in [2.45, 2.75) is 25.8 Å². The Kier molecular flexibility index (Phi) is 5.02. The SMILES string of the molecule is CC(NC(=O)N1CCCC(C(=O)O)C1)c1ccccc1-n1cccn1. The normalized spacial score (nSPS) is 18.6. The average Bonchev–Trinajstić information content (AvgIpc) is 3.16. The number of rotatable bonds is 4. The molecule has 0 radical (unpaired) electrons. The Morgan fingerprint density at radius 2 is 2.12 bits per heavy atom. The van der Waals surface area contributed by atoms with Crippen LogP contribution in [0.5, 0.6) is 0 Å². The molecule has 2 N–H and O–H groups in total. The van der Waals surface area contributed by atoms with Crippen molar-refractivity contribution in [1.82, 2.24) is 20.0 Å². The summed E-state index contributed by atoms with van der Waals surface area (Å²) >= 11 is 0. The first-order chi connectivity index (χ1) is 12.1. The molecule has 25 heavy (non-hydrogen) atoms. The summed E-state index contributed by atoms with van der Waals surface area (Å²) < 4.78 is 1.76. The van der Waals surface area contributed by atoms with Crippen LogP contribution in [0, 0.1) is 5.92 Å². The molecular formula is C18H22N4O3. The topological polar surface area (TPSA) is 87.5 Å². The molecule has 1 saturated heterocycles. The number of carboxylic acids is 1. The summed E-state index contributed by atoms with van der Waals surface area (Å²) in [4.78, 5) is 25.3. The third-order valence-electron chi connectivity index (χ3n) is 4.55. The van der Waals surface area contributed by atoms with Gasteiger partial charge in [0.15, 0.2) is 0 Å². The number of nitrogens with one attached hydrogen (secondary N) is 1. The van der Waals surface area contributed by atoms with Crippen LogP contribution in [0.4, 0.5) is 4.79 Å². The highest BCUT2D eigenvalue weighted by Crippen LogP contribution is 2.22. The molecule has 2 unspecified atom stereocenters. The zero-order valence-corrected chi connectivity index (χ0v) is 14.1. The van der Waals surface area contributed by atoms with Gasteiger partial charge in [0.25, 0.3) is 0 Å². The van der Waals surface area contributed by atoms with Gasteiger partial charge in [-0.15, -0.1) is 0 Å². The number of urea groups is 1. The third kappa shape index (κ3) is 3.81. The Morgan fingerprint density at radius 3 is 2.84 bits per heavy atom. The Hall–Kier alpha value is -2.83. The van der Waals surface area contributed by atoms with Gasteiger partial charge in [-0.1, -0.05) is 18.2 Å². The molecule has 0 saturated carbocycles. The molecular weight excluding hydrogens is 320 g/mol. The molecule has 7 nitrogen and oxygen atoms in total. The summed E-state index contributed by atoms with van der Waals surface area (Å²) in [5.41, 5.74) is 1.86. The van der Waals surface area contributed by atoms with Crippen LogP contribution >= 0.6 is 0 Å². The lowest BCUT2D eigenvalue weighted by Crippen LogP contribution is -2.47. The smallest absolute Gasteiger partial charge is 0.317 e. The molecule has 2 aromatic rings. The van der Waals surface area contributed by atoms with Gasteiger partial charge in [-0.3, -0.25) is 4.79 Å². The van der Waals surface area contributed by atoms with Gasteiger partial charge in [-0.2, -0.15) is 5.10 Å². The van der Waals surface area contributed by atoms with Gasteiger partial charge in [0.05, 0.1) is 17.6 Å². The number of hydrogen-bond donors (Lipinski definition) is 2. The van der Waals surface area contributed by atoms with E-state index in [0.717, 1.165) is 11.3 Å². The van der Waals surface area contributed by atoms with E-state index in [-0.39, 0.29) is 18.6 Å². The van der Waals surface area contributed by atoms with E-state index in [9.17, 15) is 14.7 Å². The van der Waals surface area contributed by atoms with Gasteiger partial charge in [0.1, 0.15) is 0 Å². The van der Waals surface area contributed by atoms with E-state index in [1.165, 1.54) is 0 Å². The van der Waals surface area contributed by atoms with E-state index in [1.54, 1.807) is 15.8 Å². The van der Waals surface area contributed by atoms with Crippen molar-refractivity contribution in [2.24, 2.45) is 5.92 Å². The number of carboxylic acid groups (broad SMARTS) is 1. The molecule has 2 atom stereocenters. The number of benzene rings is 1. The predicted molar refractivity (Wildman–Crippen MR) is 92.4 cm³/mol. The van der Waals surface area contributed by atoms with Gasteiger partial charge in [-0.25, -0.2) is 9.48 Å². The Balaban J connectivity index is 1.71. The van der Waals surface area contributed by atoms with Gasteiger partial charge >= 0.3 is 12.0 Å². The number of nitrogens with zero attached hydrogens (tertiary/aromatic N) is 3. The number of para-hydroxylation sites is 1. The molecule has 7 heteroatoms. The molecule has 1 aliphatic heterocycles. The molecule has 132 valence electrons. The minimum Gasteiger partial charge on any atom is -0.481 e. The monoisotopic (exact) mass is 342 g/mol. The maximum Gasteiger partial charge on any atom is 0.317 e. The van der Waals surface area contributed by atoms with Crippen molar-refractivity contribution in [1.29, 1.82) is 0 Å². The van der Waals surface area contributed by atoms with E-state index >= 15 is 0 Å². The number of hydrogen-bond acceptors (Lipinski definition) is 3. The van der Waals surface area contributed by atoms with Crippen LogP contribution in [0.2, 0.25) is 0 Å². The summed E-state index contributed by atoms with van der Waals surface area (Å²) in [6.45, 7) is 2.76. The van der Waals surface area contributed by atoms with Crippen LogP contribution in [-0.4, -0.2) is 44.9 Å². The van der Waals surface area contributed by atoms with Crippen LogP contribution < -0.4 is 5.32 Å². The molecule has 1 aliphatic rings. The van der Waals surface area contributed by atoms with Crippen molar-refractivity contribution in [2.75, 3.05) is 13.1 Å². The standard InChI is InChI=1S/C18H22N4O3/c1-13(15-7-2-3-8-16(15)22-11-5-9-19-22)20-18(25)21-10-4-6-14(12-21)17(23)24/h2-3,5,7-9,11,13-14H,4,6,10,12H2,1H3,(H,20,25)(H,23,24). The summed E-state index contributed by atoms with van der Waals surface area (Å²) in [5, 5.41) is 16.4. The van der Waals surface area contributed by atoms with Crippen molar-refractivity contribution in [3.8, 4) is 5.69 Å². The third-order valence-corrected chi connectivity index (χ3v) is 4.55. The van der Waals surface area contributed by atoms with E-state index in [2.05, 4.69) is 10.4 Å². The summed E-state index contributed by atoms with van der Waals surface area (Å²) in [5.74, 6) is -1.32. The van der Waals surface area contributed by atoms with Gasteiger partial charge in [-0.05, 0) is 37.5 Å². The Bertz CT molecular complexity index is 745. The van der Waals surface area contributed by atoms with Gasteiger partial charge in [0, 0.05) is 25.5 Å². The van der Waals surface area contributed by atoms with Crippen LogP contribution in [0.25, 0.3) is 5.69 Å². The predicted octanol–water partition coefficient (Wildman–Crippen LogP) is 2.44. The number of carbonyl (C=O) groups excluding carboxylic acids is 1. The zero-order valence-electron chi connectivity index (χ0n) is 14.1. The quantitative estimate of drug-likeness (QED) is 0.893. The number of aromatic nitrogens is 2. The molecule has 1 fully saturated rings. The minimum atomic E-state index is -0.838. The molecule has 0 bridgehead atoms. The van der Waals surface area contributed by atoms with Crippen molar-refractivity contribution < 1.29 is 14.7 Å². The fraction of sp³-hybridized carbons (Fsp3) is 0.389. The van der Waals surface area contributed by atoms with Crippen LogP contribution in [0.1, 0.15) is 31.4 Å². The number of likely N-dealkylation sites (tertiary alicyclic amines) is 1. The van der Waals surface area contributed by atoms with Crippen molar-refractivity contribution in [3.05, 3.63) is 48.3 Å². The summed E-state index contributed by atoms with van der Waals surface area (Å²) in [6.07, 6.45) is 4.90. The molecule has 1 aromatic carbocycles. The molecule has 3 rings (SSSR count). The second-order valence-electron chi connectivity index (χ2n) is 6.30. The zero-order chi connectivity index (χ0) is 17.8. The average molecular weight is 342 g/mol. The highest BCUT2D eigenvalue weighted by atomic mass is 16.4. The minimum absolute atomic E-state index is 0.224. The van der Waals surface area contributed by atoms with Crippen LogP contribution in [-0.2, 0) is 4.79 Å². The van der Waals surface area contributed by atoms with E-state index in [0.29, 0.717) is 19.4 Å². The molecule has 0 spiro atoms. The summed E-state index contributed by atoms with van der Waals surface area (Å²) in [6, 6.07) is 9.15. The van der Waals surface area contributed by atoms with Crippen LogP contribution in [0.15, 0.2) is 42.7 Å². The second kappa shape index (κ2) is 7.38. The maximum absolute atomic E-state index is 12.5. The molecule has 0 aliphatic carbocycles. The second-order valence-corrected chi connectivity index (χ2v) is 6.30. The fourth-order valence-corrected chi connectivity index (χ4v) is 3.19. The first-order valence-electron chi connectivity index (χ1n) is 8.43. The largest absolute Gasteiger partial charge is 0.481 e. The van der Waals surface area contributed by atoms with E-state index < -0.39 is 11.9 Å². The molecule has 2 amide bonds. The fourth-order valence-electron chi connectivity index (χ4n) is 3.19. The lowest BCUT2D eigenvalue weighted by Gasteiger charge is -2.32. The Morgan fingerprint density at radius 1 is 1.32 bits per heavy atom. The lowest BCUT2D eigenvalue weighted by molar-refractivity contribution is -0.143. The summed E-state index contributed by atoms with van der Waals surface area (Å²) in [7, 11) is 0. The van der Waals surface area contributed by atoms with E-state index in [1.807, 2.05) is 43.5 Å².